The summed E-state index contributed by atoms with van der Waals surface area (Å²) in [6, 6.07) is -0.741. The second kappa shape index (κ2) is 6.89. The number of amides is 2. The average molecular weight is 270 g/mol. The lowest BCUT2D eigenvalue weighted by atomic mass is 9.94. The highest BCUT2D eigenvalue weighted by Gasteiger charge is 2.43. The maximum Gasteiger partial charge on any atom is 0.246 e. The van der Waals surface area contributed by atoms with Crippen LogP contribution in [0.25, 0.3) is 0 Å². The fourth-order valence-corrected chi connectivity index (χ4v) is 2.58. The normalized spacial score (nSPS) is 25.7. The zero-order valence-corrected chi connectivity index (χ0v) is 12.6. The summed E-state index contributed by atoms with van der Waals surface area (Å²) in [7, 11) is 1.65. The van der Waals surface area contributed by atoms with E-state index in [1.165, 1.54) is 0 Å². The first kappa shape index (κ1) is 16.0. The van der Waals surface area contributed by atoms with Crippen molar-refractivity contribution in [3.8, 4) is 0 Å². The number of hydrogen-bond acceptors (Lipinski definition) is 3. The van der Waals surface area contributed by atoms with Crippen LogP contribution in [0.15, 0.2) is 0 Å². The van der Waals surface area contributed by atoms with Crippen LogP contribution in [0.5, 0.6) is 0 Å². The van der Waals surface area contributed by atoms with E-state index in [-0.39, 0.29) is 35.9 Å². The van der Waals surface area contributed by atoms with Crippen LogP contribution in [0.4, 0.5) is 0 Å². The van der Waals surface area contributed by atoms with Gasteiger partial charge in [0.25, 0.3) is 0 Å². The van der Waals surface area contributed by atoms with Gasteiger partial charge in [-0.1, -0.05) is 20.8 Å². The van der Waals surface area contributed by atoms with Crippen LogP contribution in [0.1, 0.15) is 40.5 Å². The van der Waals surface area contributed by atoms with E-state index in [9.17, 15) is 9.59 Å². The van der Waals surface area contributed by atoms with Crippen LogP contribution in [-0.2, 0) is 14.3 Å². The van der Waals surface area contributed by atoms with Crippen LogP contribution in [0, 0.1) is 5.92 Å². The summed E-state index contributed by atoms with van der Waals surface area (Å²) in [5, 5.41) is 2.83. The maximum atomic E-state index is 12.5. The Bertz CT molecular complexity index is 331. The lowest BCUT2D eigenvalue weighted by Crippen LogP contribution is -2.66. The van der Waals surface area contributed by atoms with Crippen molar-refractivity contribution in [2.75, 3.05) is 13.7 Å². The molecule has 0 saturated carbocycles. The van der Waals surface area contributed by atoms with E-state index in [0.717, 1.165) is 6.42 Å². The highest BCUT2D eigenvalue weighted by molar-refractivity contribution is 5.97. The first-order valence-electron chi connectivity index (χ1n) is 7.05. The predicted molar refractivity (Wildman–Crippen MR) is 73.6 cm³/mol. The van der Waals surface area contributed by atoms with Gasteiger partial charge in [0.05, 0.1) is 0 Å². The van der Waals surface area contributed by atoms with Gasteiger partial charge in [-0.25, -0.2) is 0 Å². The van der Waals surface area contributed by atoms with Crippen molar-refractivity contribution in [1.82, 2.24) is 10.2 Å². The minimum Gasteiger partial charge on any atom is -0.385 e. The number of nitrogens with zero attached hydrogens (tertiary/aromatic N) is 1. The predicted octanol–water partition coefficient (Wildman–Crippen LogP) is 1.17. The Kier molecular flexibility index (Phi) is 5.79. The van der Waals surface area contributed by atoms with Crippen LogP contribution >= 0.6 is 0 Å². The van der Waals surface area contributed by atoms with E-state index >= 15 is 0 Å². The van der Waals surface area contributed by atoms with Crippen LogP contribution in [0.3, 0.4) is 0 Å². The lowest BCUT2D eigenvalue weighted by molar-refractivity contribution is -0.154. The second-order valence-electron chi connectivity index (χ2n) is 5.53. The molecule has 0 aromatic heterocycles. The first-order chi connectivity index (χ1) is 8.93. The highest BCUT2D eigenvalue weighted by Crippen LogP contribution is 2.22. The smallest absolute Gasteiger partial charge is 0.246 e. The number of piperazine rings is 1. The van der Waals surface area contributed by atoms with Crippen LogP contribution in [-0.4, -0.2) is 48.6 Å². The zero-order valence-electron chi connectivity index (χ0n) is 12.6. The summed E-state index contributed by atoms with van der Waals surface area (Å²) < 4.78 is 5.08. The number of hydrogen-bond donors (Lipinski definition) is 1. The fourth-order valence-electron chi connectivity index (χ4n) is 2.58. The molecule has 0 aromatic rings. The van der Waals surface area contributed by atoms with Gasteiger partial charge in [-0.05, 0) is 25.7 Å². The van der Waals surface area contributed by atoms with Crippen molar-refractivity contribution in [2.45, 2.75) is 58.7 Å². The third-order valence-electron chi connectivity index (χ3n) is 3.69. The first-order valence-corrected chi connectivity index (χ1v) is 7.05. The molecule has 110 valence electrons. The van der Waals surface area contributed by atoms with Gasteiger partial charge < -0.3 is 15.0 Å². The largest absolute Gasteiger partial charge is 0.385 e. The minimum atomic E-state index is -0.382. The molecule has 0 bridgehead atoms. The molecule has 0 radical (unpaired) electrons. The van der Waals surface area contributed by atoms with Gasteiger partial charge in [0.2, 0.25) is 11.8 Å². The van der Waals surface area contributed by atoms with Gasteiger partial charge >= 0.3 is 0 Å². The molecular formula is C14H26N2O3. The quantitative estimate of drug-likeness (QED) is 0.788. The topological polar surface area (TPSA) is 58.6 Å². The van der Waals surface area contributed by atoms with Crippen molar-refractivity contribution >= 4 is 11.8 Å². The molecule has 1 aliphatic rings. The highest BCUT2D eigenvalue weighted by atomic mass is 16.5. The van der Waals surface area contributed by atoms with Crippen molar-refractivity contribution < 1.29 is 14.3 Å². The molecule has 1 N–H and O–H groups in total. The van der Waals surface area contributed by atoms with Gasteiger partial charge in [-0.3, -0.25) is 9.59 Å². The average Bonchev–Trinajstić information content (AvgIpc) is 2.37. The number of nitrogens with one attached hydrogen (secondary N) is 1. The Morgan fingerprint density at radius 3 is 2.42 bits per heavy atom. The number of methoxy groups -OCH3 is 1. The molecule has 1 aliphatic heterocycles. The molecule has 1 heterocycles. The monoisotopic (exact) mass is 270 g/mol. The van der Waals surface area contributed by atoms with Gasteiger partial charge in [0, 0.05) is 19.8 Å². The van der Waals surface area contributed by atoms with Crippen LogP contribution in [0.2, 0.25) is 0 Å². The van der Waals surface area contributed by atoms with Crippen molar-refractivity contribution in [2.24, 2.45) is 5.92 Å². The molecule has 5 heteroatoms. The Morgan fingerprint density at radius 2 is 1.95 bits per heavy atom. The minimum absolute atomic E-state index is 0.0138. The molecule has 1 saturated heterocycles. The summed E-state index contributed by atoms with van der Waals surface area (Å²) in [4.78, 5) is 26.5. The van der Waals surface area contributed by atoms with E-state index in [1.54, 1.807) is 12.0 Å². The standard InChI is InChI=1S/C14H26N2O3/c1-6-11-14(18)16(10(4)7-8-19-5)12(9(2)3)13(17)15-11/h9-12H,6-8H2,1-5H3,(H,15,17). The van der Waals surface area contributed by atoms with E-state index in [0.29, 0.717) is 13.0 Å². The fraction of sp³-hybridized carbons (Fsp3) is 0.857. The van der Waals surface area contributed by atoms with Crippen molar-refractivity contribution in [3.63, 3.8) is 0 Å². The summed E-state index contributed by atoms with van der Waals surface area (Å²) in [5.74, 6) is 0.0990. The molecule has 1 fully saturated rings. The maximum absolute atomic E-state index is 12.5. The molecule has 0 spiro atoms. The summed E-state index contributed by atoms with van der Waals surface area (Å²) in [6.45, 7) is 8.43. The Hall–Kier alpha value is -1.10. The molecule has 2 amide bonds. The van der Waals surface area contributed by atoms with Crippen molar-refractivity contribution in [1.29, 1.82) is 0 Å². The van der Waals surface area contributed by atoms with Crippen molar-refractivity contribution in [3.05, 3.63) is 0 Å². The molecule has 3 atom stereocenters. The third kappa shape index (κ3) is 3.47. The van der Waals surface area contributed by atoms with Gasteiger partial charge in [-0.2, -0.15) is 0 Å². The Labute approximate surface area is 115 Å². The molecular weight excluding hydrogens is 244 g/mol. The van der Waals surface area contributed by atoms with Crippen LogP contribution < -0.4 is 5.32 Å². The summed E-state index contributed by atoms with van der Waals surface area (Å²) >= 11 is 0. The van der Waals surface area contributed by atoms with Gasteiger partial charge in [-0.15, -0.1) is 0 Å². The third-order valence-corrected chi connectivity index (χ3v) is 3.69. The lowest BCUT2D eigenvalue weighted by Gasteiger charge is -2.44. The molecule has 1 rings (SSSR count). The number of carbonyl (C=O) groups excluding carboxylic acids is 2. The van der Waals surface area contributed by atoms with Gasteiger partial charge in [0.15, 0.2) is 0 Å². The zero-order chi connectivity index (χ0) is 14.6. The van der Waals surface area contributed by atoms with E-state index < -0.39 is 0 Å². The number of carbonyl (C=O) groups is 2. The van der Waals surface area contributed by atoms with E-state index in [1.807, 2.05) is 27.7 Å². The van der Waals surface area contributed by atoms with Gasteiger partial charge in [0.1, 0.15) is 12.1 Å². The molecule has 3 unspecified atom stereocenters. The van der Waals surface area contributed by atoms with E-state index in [2.05, 4.69) is 5.32 Å². The Morgan fingerprint density at radius 1 is 1.32 bits per heavy atom. The number of ether oxygens (including phenoxy) is 1. The molecule has 0 aromatic carbocycles. The molecule has 19 heavy (non-hydrogen) atoms. The summed E-state index contributed by atoms with van der Waals surface area (Å²) in [6.07, 6.45) is 1.37. The Balaban J connectivity index is 2.95. The molecule has 0 aliphatic carbocycles. The SMILES string of the molecule is CCC1NC(=O)C(C(C)C)N(C(C)CCOC)C1=O. The number of rotatable bonds is 6. The second-order valence-corrected chi connectivity index (χ2v) is 5.53. The van der Waals surface area contributed by atoms with E-state index in [4.69, 9.17) is 4.74 Å². The summed E-state index contributed by atoms with van der Waals surface area (Å²) in [5.41, 5.74) is 0. The molecule has 5 nitrogen and oxygen atoms in total.